The third kappa shape index (κ3) is 8.44. The first-order valence-electron chi connectivity index (χ1n) is 11.7. The molecular formula is C28H29Cl3N2O3. The maximum absolute atomic E-state index is 13.6. The van der Waals surface area contributed by atoms with Gasteiger partial charge in [0.05, 0.1) is 0 Å². The van der Waals surface area contributed by atoms with Crippen LogP contribution in [0, 0.1) is 5.92 Å². The van der Waals surface area contributed by atoms with Crippen LogP contribution in [0.5, 0.6) is 5.75 Å². The molecule has 36 heavy (non-hydrogen) atoms. The number of ether oxygens (including phenoxy) is 1. The van der Waals surface area contributed by atoms with E-state index < -0.39 is 6.04 Å². The Hall–Kier alpha value is -2.73. The summed E-state index contributed by atoms with van der Waals surface area (Å²) in [6.07, 6.45) is 0.336. The number of benzene rings is 3. The first-order chi connectivity index (χ1) is 17.2. The molecular weight excluding hydrogens is 519 g/mol. The van der Waals surface area contributed by atoms with Crippen LogP contribution in [0.25, 0.3) is 0 Å². The minimum absolute atomic E-state index is 0.116. The molecule has 1 N–H and O–H groups in total. The zero-order valence-electron chi connectivity index (χ0n) is 20.2. The smallest absolute Gasteiger partial charge is 0.261 e. The van der Waals surface area contributed by atoms with Crippen LogP contribution in [0.3, 0.4) is 0 Å². The van der Waals surface area contributed by atoms with Crippen molar-refractivity contribution in [2.45, 2.75) is 32.9 Å². The second-order valence-corrected chi connectivity index (χ2v) is 10.1. The van der Waals surface area contributed by atoms with Gasteiger partial charge in [0.2, 0.25) is 5.91 Å². The van der Waals surface area contributed by atoms with E-state index in [1.54, 1.807) is 42.5 Å². The topological polar surface area (TPSA) is 58.6 Å². The van der Waals surface area contributed by atoms with E-state index in [9.17, 15) is 9.59 Å². The highest BCUT2D eigenvalue weighted by Gasteiger charge is 2.31. The zero-order valence-corrected chi connectivity index (χ0v) is 22.5. The van der Waals surface area contributed by atoms with E-state index in [0.29, 0.717) is 39.3 Å². The van der Waals surface area contributed by atoms with Gasteiger partial charge in [0.25, 0.3) is 5.91 Å². The number of hydrogen-bond acceptors (Lipinski definition) is 3. The molecule has 0 saturated carbocycles. The summed E-state index contributed by atoms with van der Waals surface area (Å²) < 4.78 is 5.73. The normalized spacial score (nSPS) is 11.7. The van der Waals surface area contributed by atoms with Gasteiger partial charge in [-0.25, -0.2) is 0 Å². The molecule has 0 fully saturated rings. The average Bonchev–Trinajstić information content (AvgIpc) is 2.86. The van der Waals surface area contributed by atoms with Crippen LogP contribution in [0.4, 0.5) is 0 Å². The minimum Gasteiger partial charge on any atom is -0.484 e. The SMILES string of the molecule is CC(C)CNC(=O)C(Cc1ccccc1)N(Cc1ccc(Cl)cc1Cl)C(=O)COc1ccc(Cl)cc1. The fourth-order valence-electron chi connectivity index (χ4n) is 3.57. The predicted octanol–water partition coefficient (Wildman–Crippen LogP) is 6.44. The van der Waals surface area contributed by atoms with E-state index in [0.717, 1.165) is 5.56 Å². The molecule has 5 nitrogen and oxygen atoms in total. The Morgan fingerprint density at radius 3 is 2.22 bits per heavy atom. The van der Waals surface area contributed by atoms with Crippen molar-refractivity contribution < 1.29 is 14.3 Å². The van der Waals surface area contributed by atoms with Crippen LogP contribution in [0.2, 0.25) is 15.1 Å². The largest absolute Gasteiger partial charge is 0.484 e. The summed E-state index contributed by atoms with van der Waals surface area (Å²) in [6.45, 7) is 4.39. The Balaban J connectivity index is 1.92. The van der Waals surface area contributed by atoms with Crippen LogP contribution in [0.1, 0.15) is 25.0 Å². The molecule has 0 heterocycles. The lowest BCUT2D eigenvalue weighted by atomic mass is 10.0. The Labute approximate surface area is 227 Å². The second kappa shape index (κ2) is 13.5. The molecule has 0 aliphatic heterocycles. The van der Waals surface area contributed by atoms with E-state index >= 15 is 0 Å². The molecule has 190 valence electrons. The first-order valence-corrected chi connectivity index (χ1v) is 12.8. The van der Waals surface area contributed by atoms with E-state index in [4.69, 9.17) is 39.5 Å². The van der Waals surface area contributed by atoms with Crippen molar-refractivity contribution in [3.05, 3.63) is 99.0 Å². The third-order valence-electron chi connectivity index (χ3n) is 5.49. The Morgan fingerprint density at radius 2 is 1.58 bits per heavy atom. The number of nitrogens with zero attached hydrogens (tertiary/aromatic N) is 1. The molecule has 1 atom stereocenters. The molecule has 0 radical (unpaired) electrons. The Kier molecular flexibility index (Phi) is 10.5. The van der Waals surface area contributed by atoms with Gasteiger partial charge in [0, 0.05) is 34.6 Å². The fraction of sp³-hybridized carbons (Fsp3) is 0.286. The molecule has 3 aromatic carbocycles. The van der Waals surface area contributed by atoms with Crippen molar-refractivity contribution in [3.63, 3.8) is 0 Å². The van der Waals surface area contributed by atoms with Crippen LogP contribution >= 0.6 is 34.8 Å². The van der Waals surface area contributed by atoms with Gasteiger partial charge >= 0.3 is 0 Å². The molecule has 2 amide bonds. The van der Waals surface area contributed by atoms with Crippen LogP contribution in [0.15, 0.2) is 72.8 Å². The standard InChI is InChI=1S/C28H29Cl3N2O3/c1-19(2)16-32-28(35)26(14-20-6-4-3-5-7-20)33(17-21-8-9-23(30)15-25(21)31)27(34)18-36-24-12-10-22(29)11-13-24/h3-13,15,19,26H,14,16-18H2,1-2H3,(H,32,35). The molecule has 1 unspecified atom stereocenters. The summed E-state index contributed by atoms with van der Waals surface area (Å²) in [6, 6.07) is 20.7. The molecule has 3 aromatic rings. The van der Waals surface area contributed by atoms with E-state index in [2.05, 4.69) is 5.32 Å². The van der Waals surface area contributed by atoms with Gasteiger partial charge in [0.15, 0.2) is 6.61 Å². The van der Waals surface area contributed by atoms with Gasteiger partial charge in [-0.1, -0.05) is 85.0 Å². The summed E-state index contributed by atoms with van der Waals surface area (Å²) in [5.74, 6) is 0.171. The van der Waals surface area contributed by atoms with Crippen molar-refractivity contribution in [1.82, 2.24) is 10.2 Å². The lowest BCUT2D eigenvalue weighted by Gasteiger charge is -2.32. The number of rotatable bonds is 11. The lowest BCUT2D eigenvalue weighted by molar-refractivity contribution is -0.142. The Morgan fingerprint density at radius 1 is 0.917 bits per heavy atom. The van der Waals surface area contributed by atoms with Gasteiger partial charge < -0.3 is 15.0 Å². The number of carbonyl (C=O) groups excluding carboxylic acids is 2. The molecule has 0 spiro atoms. The summed E-state index contributed by atoms with van der Waals surface area (Å²) in [7, 11) is 0. The van der Waals surface area contributed by atoms with E-state index in [1.165, 1.54) is 4.90 Å². The van der Waals surface area contributed by atoms with Crippen molar-refractivity contribution in [3.8, 4) is 5.75 Å². The van der Waals surface area contributed by atoms with Crippen molar-refractivity contribution >= 4 is 46.6 Å². The maximum atomic E-state index is 13.6. The number of amides is 2. The van der Waals surface area contributed by atoms with Crippen LogP contribution < -0.4 is 10.1 Å². The van der Waals surface area contributed by atoms with Gasteiger partial charge in [-0.15, -0.1) is 0 Å². The first kappa shape index (κ1) is 27.9. The van der Waals surface area contributed by atoms with Crippen molar-refractivity contribution in [2.75, 3.05) is 13.2 Å². The predicted molar refractivity (Wildman–Crippen MR) is 146 cm³/mol. The summed E-state index contributed by atoms with van der Waals surface area (Å²) in [5.41, 5.74) is 1.61. The molecule has 3 rings (SSSR count). The van der Waals surface area contributed by atoms with E-state index in [-0.39, 0.29) is 30.9 Å². The summed E-state index contributed by atoms with van der Waals surface area (Å²) >= 11 is 18.5. The van der Waals surface area contributed by atoms with Gasteiger partial charge in [-0.3, -0.25) is 9.59 Å². The number of nitrogens with one attached hydrogen (secondary N) is 1. The minimum atomic E-state index is -0.779. The van der Waals surface area contributed by atoms with Gasteiger partial charge in [-0.2, -0.15) is 0 Å². The number of carbonyl (C=O) groups is 2. The van der Waals surface area contributed by atoms with Crippen LogP contribution in [-0.4, -0.2) is 35.9 Å². The molecule has 0 saturated heterocycles. The fourth-order valence-corrected chi connectivity index (χ4v) is 4.16. The second-order valence-electron chi connectivity index (χ2n) is 8.84. The van der Waals surface area contributed by atoms with E-state index in [1.807, 2.05) is 44.2 Å². The number of halogens is 3. The highest BCUT2D eigenvalue weighted by Crippen LogP contribution is 2.24. The van der Waals surface area contributed by atoms with Gasteiger partial charge in [0.1, 0.15) is 11.8 Å². The monoisotopic (exact) mass is 546 g/mol. The maximum Gasteiger partial charge on any atom is 0.261 e. The average molecular weight is 548 g/mol. The Bertz CT molecular complexity index is 1150. The van der Waals surface area contributed by atoms with Gasteiger partial charge in [-0.05, 0) is 53.4 Å². The molecule has 0 bridgehead atoms. The number of hydrogen-bond donors (Lipinski definition) is 1. The summed E-state index contributed by atoms with van der Waals surface area (Å²) in [5, 5.41) is 4.46. The molecule has 0 aliphatic carbocycles. The highest BCUT2D eigenvalue weighted by atomic mass is 35.5. The quantitative estimate of drug-likeness (QED) is 0.301. The molecule has 8 heteroatoms. The zero-order chi connectivity index (χ0) is 26.1. The van der Waals surface area contributed by atoms with Crippen molar-refractivity contribution in [2.24, 2.45) is 5.92 Å². The molecule has 0 aromatic heterocycles. The molecule has 0 aliphatic rings. The van der Waals surface area contributed by atoms with Crippen molar-refractivity contribution in [1.29, 1.82) is 0 Å². The van der Waals surface area contributed by atoms with Crippen LogP contribution in [-0.2, 0) is 22.6 Å². The summed E-state index contributed by atoms with van der Waals surface area (Å²) in [4.78, 5) is 28.5. The lowest BCUT2D eigenvalue weighted by Crippen LogP contribution is -2.52. The highest BCUT2D eigenvalue weighted by molar-refractivity contribution is 6.35. The third-order valence-corrected chi connectivity index (χ3v) is 6.33.